The number of phenols is 2. The number of aromatic hydroxyl groups is 2. The minimum Gasteiger partial charge on any atom is -0.508 e. The zero-order valence-corrected chi connectivity index (χ0v) is 17.2. The van der Waals surface area contributed by atoms with E-state index in [1.165, 1.54) is 19.1 Å². The zero-order chi connectivity index (χ0) is 22.2. The Bertz CT molecular complexity index is 1030. The molecule has 0 spiro atoms. The first-order valence-corrected chi connectivity index (χ1v) is 9.97. The van der Waals surface area contributed by atoms with Gasteiger partial charge < -0.3 is 19.7 Å². The van der Waals surface area contributed by atoms with Gasteiger partial charge in [0.05, 0.1) is 0 Å². The number of esters is 2. The van der Waals surface area contributed by atoms with Crippen molar-refractivity contribution in [3.05, 3.63) is 89.2 Å². The molecule has 1 aliphatic rings. The van der Waals surface area contributed by atoms with Gasteiger partial charge in [-0.3, -0.25) is 4.79 Å². The number of phenolic OH excluding ortho intramolecular Hbond substituents is 2. The zero-order valence-electron chi connectivity index (χ0n) is 17.2. The highest BCUT2D eigenvalue weighted by Crippen LogP contribution is 2.32. The monoisotopic (exact) mass is 420 g/mol. The molecule has 0 bridgehead atoms. The maximum absolute atomic E-state index is 13.1. The Kier molecular flexibility index (Phi) is 7.27. The Morgan fingerprint density at radius 1 is 1.06 bits per heavy atom. The van der Waals surface area contributed by atoms with Crippen LogP contribution in [0.15, 0.2) is 72.5 Å². The molecule has 1 atom stereocenters. The molecule has 0 aromatic heterocycles. The summed E-state index contributed by atoms with van der Waals surface area (Å²) in [6.45, 7) is 1.27. The van der Waals surface area contributed by atoms with Crippen LogP contribution in [0, 0.1) is 0 Å². The number of hydrogen-bond acceptors (Lipinski definition) is 6. The third kappa shape index (κ3) is 6.09. The van der Waals surface area contributed by atoms with Crippen LogP contribution in [-0.4, -0.2) is 22.2 Å². The van der Waals surface area contributed by atoms with Crippen LogP contribution in [0.2, 0.25) is 0 Å². The van der Waals surface area contributed by atoms with E-state index in [1.807, 2.05) is 48.6 Å². The number of carbonyl (C=O) groups excluding carboxylic acids is 2. The summed E-state index contributed by atoms with van der Waals surface area (Å²) >= 11 is 0. The Labute approximate surface area is 180 Å². The van der Waals surface area contributed by atoms with Crippen LogP contribution in [0.3, 0.4) is 0 Å². The molecule has 1 heterocycles. The van der Waals surface area contributed by atoms with E-state index >= 15 is 0 Å². The molecule has 31 heavy (non-hydrogen) atoms. The maximum atomic E-state index is 13.1. The average Bonchev–Trinajstić information content (AvgIpc) is 2.71. The lowest BCUT2D eigenvalue weighted by Crippen LogP contribution is -2.13. The van der Waals surface area contributed by atoms with Gasteiger partial charge in [0.15, 0.2) is 0 Å². The molecule has 2 N–H and O–H groups in total. The van der Waals surface area contributed by atoms with Crippen molar-refractivity contribution in [1.82, 2.24) is 0 Å². The van der Waals surface area contributed by atoms with Crippen LogP contribution in [0.1, 0.15) is 53.8 Å². The molecular formula is C25H24O6. The van der Waals surface area contributed by atoms with E-state index in [-0.39, 0.29) is 22.6 Å². The van der Waals surface area contributed by atoms with Crippen LogP contribution >= 0.6 is 0 Å². The van der Waals surface area contributed by atoms with Gasteiger partial charge in [-0.2, -0.15) is 0 Å². The number of hydrogen-bond donors (Lipinski definition) is 2. The second-order valence-corrected chi connectivity index (χ2v) is 7.06. The molecule has 0 amide bonds. The van der Waals surface area contributed by atoms with E-state index in [4.69, 9.17) is 9.47 Å². The molecule has 0 aliphatic carbocycles. The summed E-state index contributed by atoms with van der Waals surface area (Å²) in [5.74, 6) is -1.79. The van der Waals surface area contributed by atoms with Gasteiger partial charge in [0, 0.05) is 25.0 Å². The van der Waals surface area contributed by atoms with Gasteiger partial charge in [0.1, 0.15) is 28.9 Å². The number of ether oxygens (including phenoxy) is 2. The molecule has 6 nitrogen and oxygen atoms in total. The normalized spacial score (nSPS) is 18.2. The summed E-state index contributed by atoms with van der Waals surface area (Å²) in [5, 5.41) is 20.4. The third-order valence-electron chi connectivity index (χ3n) is 4.62. The second kappa shape index (κ2) is 10.3. The van der Waals surface area contributed by atoms with E-state index in [0.717, 1.165) is 18.1 Å². The van der Waals surface area contributed by atoms with E-state index < -0.39 is 23.8 Å². The third-order valence-corrected chi connectivity index (χ3v) is 4.62. The number of allylic oxidation sites excluding steroid dienone is 3. The predicted octanol–water partition coefficient (Wildman–Crippen LogP) is 5.20. The number of fused-ring (bicyclic) bond motifs is 1. The molecule has 0 radical (unpaired) electrons. The van der Waals surface area contributed by atoms with Crippen molar-refractivity contribution in [2.24, 2.45) is 0 Å². The summed E-state index contributed by atoms with van der Waals surface area (Å²) in [7, 11) is 0. The molecule has 0 saturated heterocycles. The fourth-order valence-electron chi connectivity index (χ4n) is 3.24. The van der Waals surface area contributed by atoms with Gasteiger partial charge in [-0.15, -0.1) is 0 Å². The Morgan fingerprint density at radius 3 is 2.55 bits per heavy atom. The van der Waals surface area contributed by atoms with E-state index in [1.54, 1.807) is 6.08 Å². The average molecular weight is 420 g/mol. The SMILES string of the molecule is CC(=O)OC1=Cc2cc(O)cc(O)c2C(=O)O[C@H](c2ccccc2)C/C=C/CCC=C1. The molecule has 160 valence electrons. The van der Waals surface area contributed by atoms with Crippen molar-refractivity contribution in [2.75, 3.05) is 0 Å². The largest absolute Gasteiger partial charge is 0.508 e. The Morgan fingerprint density at radius 2 is 1.81 bits per heavy atom. The number of carbonyl (C=O) groups is 2. The van der Waals surface area contributed by atoms with E-state index in [0.29, 0.717) is 12.8 Å². The van der Waals surface area contributed by atoms with Crippen molar-refractivity contribution in [3.8, 4) is 11.5 Å². The molecule has 6 heteroatoms. The van der Waals surface area contributed by atoms with Crippen molar-refractivity contribution in [1.29, 1.82) is 0 Å². The van der Waals surface area contributed by atoms with Crippen LogP contribution < -0.4 is 0 Å². The quantitative estimate of drug-likeness (QED) is 0.513. The lowest BCUT2D eigenvalue weighted by atomic mass is 10.0. The predicted molar refractivity (Wildman–Crippen MR) is 116 cm³/mol. The summed E-state index contributed by atoms with van der Waals surface area (Å²) in [5.41, 5.74) is 0.865. The highest BCUT2D eigenvalue weighted by Gasteiger charge is 2.23. The minimum absolute atomic E-state index is 0.127. The smallest absolute Gasteiger partial charge is 0.343 e. The van der Waals surface area contributed by atoms with Crippen molar-refractivity contribution >= 4 is 18.0 Å². The van der Waals surface area contributed by atoms with E-state index in [9.17, 15) is 19.8 Å². The highest BCUT2D eigenvalue weighted by atomic mass is 16.5. The molecule has 0 unspecified atom stereocenters. The van der Waals surface area contributed by atoms with Crippen LogP contribution in [0.5, 0.6) is 11.5 Å². The maximum Gasteiger partial charge on any atom is 0.343 e. The van der Waals surface area contributed by atoms with E-state index in [2.05, 4.69) is 0 Å². The highest BCUT2D eigenvalue weighted by molar-refractivity contribution is 5.97. The molecule has 1 aliphatic heterocycles. The molecule has 0 saturated carbocycles. The van der Waals surface area contributed by atoms with Gasteiger partial charge in [-0.1, -0.05) is 48.6 Å². The molecule has 2 aromatic rings. The summed E-state index contributed by atoms with van der Waals surface area (Å²) < 4.78 is 11.0. The number of rotatable bonds is 2. The molecule has 0 fully saturated rings. The van der Waals surface area contributed by atoms with Crippen LogP contribution in [0.4, 0.5) is 0 Å². The van der Waals surface area contributed by atoms with Gasteiger partial charge >= 0.3 is 11.9 Å². The fraction of sp³-hybridized carbons (Fsp3) is 0.200. The lowest BCUT2D eigenvalue weighted by Gasteiger charge is -2.19. The fourth-order valence-corrected chi connectivity index (χ4v) is 3.24. The van der Waals surface area contributed by atoms with Gasteiger partial charge in [0.2, 0.25) is 0 Å². The van der Waals surface area contributed by atoms with Crippen LogP contribution in [-0.2, 0) is 14.3 Å². The second-order valence-electron chi connectivity index (χ2n) is 7.06. The standard InChI is InChI=1S/C25H24O6/c1-17(26)30-21-12-8-3-2-4-9-13-23(18-10-6-5-7-11-18)31-25(29)24-19(15-21)14-20(27)16-22(24)28/h4-12,14-16,23,27-28H,2-3,13H2,1H3/b9-4+,12-8?,21-15?/t23-/m0/s1. The number of benzene rings is 2. The van der Waals surface area contributed by atoms with Crippen LogP contribution in [0.25, 0.3) is 6.08 Å². The number of cyclic esters (lactones) is 1. The van der Waals surface area contributed by atoms with Crippen molar-refractivity contribution in [3.63, 3.8) is 0 Å². The lowest BCUT2D eigenvalue weighted by molar-refractivity contribution is -0.136. The van der Waals surface area contributed by atoms with Crippen molar-refractivity contribution < 1.29 is 29.3 Å². The van der Waals surface area contributed by atoms with Gasteiger partial charge in [-0.05, 0) is 36.6 Å². The minimum atomic E-state index is -0.755. The molecular weight excluding hydrogens is 396 g/mol. The first-order valence-electron chi connectivity index (χ1n) is 9.97. The summed E-state index contributed by atoms with van der Waals surface area (Å²) in [6, 6.07) is 11.7. The Hall–Kier alpha value is -3.80. The topological polar surface area (TPSA) is 93.1 Å². The van der Waals surface area contributed by atoms with Crippen molar-refractivity contribution in [2.45, 2.75) is 32.3 Å². The first kappa shape index (κ1) is 21.9. The Balaban J connectivity index is 2.09. The molecule has 2 aromatic carbocycles. The van der Waals surface area contributed by atoms with Gasteiger partial charge in [0.25, 0.3) is 0 Å². The van der Waals surface area contributed by atoms with Gasteiger partial charge in [-0.25, -0.2) is 4.79 Å². The summed E-state index contributed by atoms with van der Waals surface area (Å²) in [6.07, 6.45) is 10.2. The first-order chi connectivity index (χ1) is 14.9. The summed E-state index contributed by atoms with van der Waals surface area (Å²) in [4.78, 5) is 24.6. The molecule has 3 rings (SSSR count).